The van der Waals surface area contributed by atoms with Crippen molar-refractivity contribution in [1.82, 2.24) is 15.2 Å². The summed E-state index contributed by atoms with van der Waals surface area (Å²) in [6.45, 7) is 0. The van der Waals surface area contributed by atoms with E-state index in [1.165, 1.54) is 12.3 Å². The number of carboxylic acid groups (broad SMARTS) is 1. The second kappa shape index (κ2) is 10.3. The van der Waals surface area contributed by atoms with E-state index in [9.17, 15) is 18.4 Å². The maximum absolute atomic E-state index is 13.4. The molecule has 4 rings (SSSR count). The Balaban J connectivity index is 1.34. The molecular weight excluding hydrogens is 472 g/mol. The Bertz CT molecular complexity index is 1210. The number of ether oxygens (including phenoxy) is 1. The van der Waals surface area contributed by atoms with Gasteiger partial charge in [-0.25, -0.2) is 13.8 Å². The van der Waals surface area contributed by atoms with E-state index in [1.54, 1.807) is 6.07 Å². The van der Waals surface area contributed by atoms with Crippen molar-refractivity contribution in [1.29, 1.82) is 0 Å². The average Bonchev–Trinajstić information content (AvgIpc) is 3.27. The number of aliphatic carboxylic acids is 1. The van der Waals surface area contributed by atoms with Crippen molar-refractivity contribution in [3.63, 3.8) is 0 Å². The largest absolute Gasteiger partial charge is 0.481 e. The smallest absolute Gasteiger partial charge is 0.306 e. The van der Waals surface area contributed by atoms with E-state index < -0.39 is 23.4 Å². The summed E-state index contributed by atoms with van der Waals surface area (Å²) in [7, 11) is 0. The van der Waals surface area contributed by atoms with E-state index in [2.05, 4.69) is 15.2 Å². The molecule has 0 radical (unpaired) electrons. The van der Waals surface area contributed by atoms with Crippen LogP contribution in [0, 0.1) is 17.6 Å². The van der Waals surface area contributed by atoms with Crippen LogP contribution in [0.3, 0.4) is 0 Å². The summed E-state index contributed by atoms with van der Waals surface area (Å²) in [6, 6.07) is 4.97. The summed E-state index contributed by atoms with van der Waals surface area (Å²) in [6.07, 6.45) is 3.51. The molecule has 34 heavy (non-hydrogen) atoms. The molecule has 1 aliphatic carbocycles. The molecule has 0 bridgehead atoms. The number of aromatic nitrogens is 3. The maximum atomic E-state index is 13.4. The summed E-state index contributed by atoms with van der Waals surface area (Å²) in [5, 5.41) is 16.8. The van der Waals surface area contributed by atoms with Gasteiger partial charge in [0.15, 0.2) is 11.6 Å². The molecule has 0 atom stereocenters. The van der Waals surface area contributed by atoms with E-state index in [4.69, 9.17) is 25.9 Å². The van der Waals surface area contributed by atoms with Crippen LogP contribution in [0.25, 0.3) is 0 Å². The average molecular weight is 492 g/mol. The zero-order valence-corrected chi connectivity index (χ0v) is 18.6. The number of ketones is 1. The standard InChI is InChI=1S/C23H20ClF2N3O5/c24-16-7-13(11-27-21(16)33-15-4-2-14(3-5-15)23(31)32)9-19(30)22-29-28-20(34-22)10-12-1-6-17(25)18(26)8-12/h1,6-8,11,14-15H,2-5,9-10H2,(H,31,32). The predicted molar refractivity (Wildman–Crippen MR) is 115 cm³/mol. The van der Waals surface area contributed by atoms with Crippen LogP contribution in [0.15, 0.2) is 34.9 Å². The SMILES string of the molecule is O=C(Cc1cnc(OC2CCC(C(=O)O)CC2)c(Cl)c1)c1nnc(Cc2ccc(F)c(F)c2)o1. The fraction of sp³-hybridized carbons (Fsp3) is 0.348. The lowest BCUT2D eigenvalue weighted by Gasteiger charge is -2.26. The Morgan fingerprint density at radius 1 is 1.09 bits per heavy atom. The Kier molecular flexibility index (Phi) is 7.16. The van der Waals surface area contributed by atoms with Crippen molar-refractivity contribution in [2.75, 3.05) is 0 Å². The topological polar surface area (TPSA) is 115 Å². The summed E-state index contributed by atoms with van der Waals surface area (Å²) in [5.74, 6) is -3.44. The Morgan fingerprint density at radius 2 is 1.85 bits per heavy atom. The number of benzene rings is 1. The molecule has 1 saturated carbocycles. The van der Waals surface area contributed by atoms with Gasteiger partial charge in [-0.15, -0.1) is 10.2 Å². The van der Waals surface area contributed by atoms with Gasteiger partial charge in [0.25, 0.3) is 5.89 Å². The first-order valence-corrected chi connectivity index (χ1v) is 11.0. The second-order valence-corrected chi connectivity index (χ2v) is 8.49. The van der Waals surface area contributed by atoms with Crippen molar-refractivity contribution in [3.05, 3.63) is 70.0 Å². The van der Waals surface area contributed by atoms with Gasteiger partial charge in [-0.1, -0.05) is 17.7 Å². The third-order valence-corrected chi connectivity index (χ3v) is 5.85. The van der Waals surface area contributed by atoms with E-state index in [0.717, 1.165) is 12.1 Å². The molecule has 0 spiro atoms. The highest BCUT2D eigenvalue weighted by Crippen LogP contribution is 2.30. The van der Waals surface area contributed by atoms with Crippen molar-refractivity contribution in [2.45, 2.75) is 44.6 Å². The molecule has 1 fully saturated rings. The molecule has 3 aromatic rings. The summed E-state index contributed by atoms with van der Waals surface area (Å²) < 4.78 is 37.6. The van der Waals surface area contributed by atoms with Crippen LogP contribution in [0.5, 0.6) is 5.88 Å². The van der Waals surface area contributed by atoms with Crippen LogP contribution in [-0.4, -0.2) is 38.1 Å². The molecular formula is C23H20ClF2N3O5. The fourth-order valence-corrected chi connectivity index (χ4v) is 3.99. The third kappa shape index (κ3) is 5.74. The van der Waals surface area contributed by atoms with Crippen molar-refractivity contribution in [2.24, 2.45) is 5.92 Å². The van der Waals surface area contributed by atoms with Crippen molar-refractivity contribution < 1.29 is 32.6 Å². The zero-order chi connectivity index (χ0) is 24.2. The molecule has 1 aliphatic rings. The predicted octanol–water partition coefficient (Wildman–Crippen LogP) is 4.43. The molecule has 2 aromatic heterocycles. The van der Waals surface area contributed by atoms with Crippen molar-refractivity contribution >= 4 is 23.4 Å². The maximum Gasteiger partial charge on any atom is 0.306 e. The molecule has 0 amide bonds. The lowest BCUT2D eigenvalue weighted by molar-refractivity contribution is -0.143. The van der Waals surface area contributed by atoms with Gasteiger partial charge in [0.2, 0.25) is 17.6 Å². The first-order chi connectivity index (χ1) is 16.3. The number of nitrogens with zero attached hydrogens (tertiary/aromatic N) is 3. The number of Topliss-reactive ketones (excluding diaryl/α,β-unsaturated/α-hetero) is 1. The number of hydrogen-bond acceptors (Lipinski definition) is 7. The van der Waals surface area contributed by atoms with Crippen LogP contribution in [0.1, 0.15) is 53.4 Å². The number of pyridine rings is 1. The van der Waals surface area contributed by atoms with E-state index >= 15 is 0 Å². The first-order valence-electron chi connectivity index (χ1n) is 10.6. The number of carbonyl (C=O) groups excluding carboxylic acids is 1. The molecule has 8 nitrogen and oxygen atoms in total. The number of halogens is 3. The normalized spacial score (nSPS) is 18.0. The van der Waals surface area contributed by atoms with Crippen molar-refractivity contribution in [3.8, 4) is 5.88 Å². The minimum atomic E-state index is -0.988. The highest BCUT2D eigenvalue weighted by Gasteiger charge is 2.27. The number of hydrogen-bond donors (Lipinski definition) is 1. The molecule has 1 aromatic carbocycles. The molecule has 0 aliphatic heterocycles. The van der Waals surface area contributed by atoms with Crippen LogP contribution in [0.2, 0.25) is 5.02 Å². The number of rotatable bonds is 8. The summed E-state index contributed by atoms with van der Waals surface area (Å²) in [4.78, 5) is 27.8. The number of carbonyl (C=O) groups is 2. The van der Waals surface area contributed by atoms with E-state index in [0.29, 0.717) is 36.8 Å². The van der Waals surface area contributed by atoms with Crippen LogP contribution in [-0.2, 0) is 17.6 Å². The summed E-state index contributed by atoms with van der Waals surface area (Å²) in [5.41, 5.74) is 0.932. The molecule has 178 valence electrons. The van der Waals surface area contributed by atoms with Crippen LogP contribution < -0.4 is 4.74 Å². The van der Waals surface area contributed by atoms with Crippen LogP contribution in [0.4, 0.5) is 8.78 Å². The van der Waals surface area contributed by atoms with Gasteiger partial charge in [-0.05, 0) is 55.0 Å². The summed E-state index contributed by atoms with van der Waals surface area (Å²) >= 11 is 6.27. The quantitative estimate of drug-likeness (QED) is 0.460. The van der Waals surface area contributed by atoms with Gasteiger partial charge in [0.1, 0.15) is 11.1 Å². The second-order valence-electron chi connectivity index (χ2n) is 8.09. The third-order valence-electron chi connectivity index (χ3n) is 5.58. The Hall–Kier alpha value is -3.40. The molecule has 1 N–H and O–H groups in total. The van der Waals surface area contributed by atoms with Gasteiger partial charge in [-0.2, -0.15) is 0 Å². The zero-order valence-electron chi connectivity index (χ0n) is 17.8. The highest BCUT2D eigenvalue weighted by atomic mass is 35.5. The van der Waals surface area contributed by atoms with E-state index in [1.807, 2.05) is 0 Å². The molecule has 11 heteroatoms. The lowest BCUT2D eigenvalue weighted by atomic mass is 9.87. The van der Waals surface area contributed by atoms with E-state index in [-0.39, 0.29) is 47.5 Å². The van der Waals surface area contributed by atoms with Gasteiger partial charge in [0.05, 0.1) is 12.3 Å². The Labute approximate surface area is 197 Å². The molecule has 0 unspecified atom stereocenters. The van der Waals surface area contributed by atoms with Gasteiger partial charge >= 0.3 is 5.97 Å². The van der Waals surface area contributed by atoms with Gasteiger partial charge < -0.3 is 14.3 Å². The number of carboxylic acids is 1. The van der Waals surface area contributed by atoms with Crippen LogP contribution >= 0.6 is 11.6 Å². The molecule has 0 saturated heterocycles. The fourth-order valence-electron chi connectivity index (χ4n) is 3.76. The minimum Gasteiger partial charge on any atom is -0.481 e. The lowest BCUT2D eigenvalue weighted by Crippen LogP contribution is -2.28. The molecule has 2 heterocycles. The first kappa shape index (κ1) is 23.7. The highest BCUT2D eigenvalue weighted by molar-refractivity contribution is 6.31. The minimum absolute atomic E-state index is 0.0469. The monoisotopic (exact) mass is 491 g/mol. The Morgan fingerprint density at radius 3 is 2.53 bits per heavy atom. The van der Waals surface area contributed by atoms with Gasteiger partial charge in [-0.3, -0.25) is 9.59 Å². The van der Waals surface area contributed by atoms with Gasteiger partial charge in [0, 0.05) is 12.6 Å².